The van der Waals surface area contributed by atoms with Crippen molar-refractivity contribution in [1.82, 2.24) is 0 Å². The van der Waals surface area contributed by atoms with Crippen LogP contribution in [0.4, 0.5) is 0 Å². The first-order valence-corrected chi connectivity index (χ1v) is 5.27. The summed E-state index contributed by atoms with van der Waals surface area (Å²) >= 11 is 3.58. The van der Waals surface area contributed by atoms with Crippen molar-refractivity contribution in [2.75, 3.05) is 0 Å². The fourth-order valence-corrected chi connectivity index (χ4v) is 3.24. The molecule has 0 saturated heterocycles. The molecule has 0 aromatic rings. The number of hydrogen-bond donors (Lipinski definition) is 0. The molecule has 2 rings (SSSR count). The number of ketones is 1. The number of carbonyl (C=O) groups excluding carboxylic acids is 1. The third kappa shape index (κ3) is 1.16. The normalized spacial score (nSPS) is 44.9. The first-order valence-electron chi connectivity index (χ1n) is 4.35. The maximum Gasteiger partial charge on any atom is 0.136 e. The predicted octanol–water partition coefficient (Wildman–Crippen LogP) is 2.39. The Balaban J connectivity index is 2.12. The van der Waals surface area contributed by atoms with Gasteiger partial charge in [0, 0.05) is 17.2 Å². The highest BCUT2D eigenvalue weighted by atomic mass is 79.9. The van der Waals surface area contributed by atoms with Gasteiger partial charge in [-0.2, -0.15) is 0 Å². The quantitative estimate of drug-likeness (QED) is 0.616. The summed E-state index contributed by atoms with van der Waals surface area (Å²) in [5, 5.41) is 0. The zero-order chi connectivity index (χ0) is 8.01. The molecule has 2 aliphatic rings. The van der Waals surface area contributed by atoms with Crippen LogP contribution in [-0.4, -0.2) is 10.6 Å². The number of hydrogen-bond acceptors (Lipinski definition) is 1. The van der Waals surface area contributed by atoms with E-state index in [1.807, 2.05) is 0 Å². The van der Waals surface area contributed by atoms with Gasteiger partial charge in [-0.3, -0.25) is 4.79 Å². The van der Waals surface area contributed by atoms with Gasteiger partial charge in [0.15, 0.2) is 0 Å². The molecule has 2 bridgehead atoms. The van der Waals surface area contributed by atoms with Gasteiger partial charge in [-0.15, -0.1) is 0 Å². The zero-order valence-electron chi connectivity index (χ0n) is 6.72. The Morgan fingerprint density at radius 2 is 2.27 bits per heavy atom. The van der Waals surface area contributed by atoms with Gasteiger partial charge in [0.1, 0.15) is 5.78 Å². The Kier molecular flexibility index (Phi) is 1.82. The standard InChI is InChI=1S/C9H13BrO/c1-5(10)7-2-6-3-8(7)9(11)4-6/h5-8H,2-4H2,1H3. The fraction of sp³-hybridized carbons (Fsp3) is 0.889. The molecule has 0 aromatic carbocycles. The first-order chi connectivity index (χ1) is 5.18. The van der Waals surface area contributed by atoms with Crippen molar-refractivity contribution >= 4 is 21.7 Å². The molecule has 0 N–H and O–H groups in total. The molecule has 0 spiro atoms. The van der Waals surface area contributed by atoms with Gasteiger partial charge in [0.25, 0.3) is 0 Å². The lowest BCUT2D eigenvalue weighted by Gasteiger charge is -2.22. The van der Waals surface area contributed by atoms with Gasteiger partial charge in [-0.1, -0.05) is 22.9 Å². The van der Waals surface area contributed by atoms with Crippen molar-refractivity contribution in [3.63, 3.8) is 0 Å². The Hall–Kier alpha value is 0.150. The number of halogens is 1. The molecule has 1 nitrogen and oxygen atoms in total. The number of Topliss-reactive ketones (excluding diaryl/α,β-unsaturated/α-hetero) is 1. The maximum absolute atomic E-state index is 11.3. The van der Waals surface area contributed by atoms with Crippen molar-refractivity contribution in [2.45, 2.75) is 31.0 Å². The number of carbonyl (C=O) groups is 1. The summed E-state index contributed by atoms with van der Waals surface area (Å²) in [7, 11) is 0. The third-order valence-corrected chi connectivity index (χ3v) is 3.88. The molecule has 4 atom stereocenters. The smallest absolute Gasteiger partial charge is 0.136 e. The van der Waals surface area contributed by atoms with Crippen LogP contribution in [-0.2, 0) is 4.79 Å². The van der Waals surface area contributed by atoms with Crippen molar-refractivity contribution < 1.29 is 4.79 Å². The van der Waals surface area contributed by atoms with Crippen LogP contribution in [0.15, 0.2) is 0 Å². The number of alkyl halides is 1. The van der Waals surface area contributed by atoms with E-state index in [1.165, 1.54) is 12.8 Å². The van der Waals surface area contributed by atoms with Crippen LogP contribution < -0.4 is 0 Å². The van der Waals surface area contributed by atoms with Gasteiger partial charge >= 0.3 is 0 Å². The highest BCUT2D eigenvalue weighted by Gasteiger charge is 2.46. The van der Waals surface area contributed by atoms with E-state index in [1.54, 1.807) is 0 Å². The van der Waals surface area contributed by atoms with Crippen LogP contribution in [0.3, 0.4) is 0 Å². The van der Waals surface area contributed by atoms with E-state index in [4.69, 9.17) is 0 Å². The van der Waals surface area contributed by atoms with Crippen LogP contribution >= 0.6 is 15.9 Å². The molecule has 4 unspecified atom stereocenters. The lowest BCUT2D eigenvalue weighted by molar-refractivity contribution is -0.123. The van der Waals surface area contributed by atoms with E-state index >= 15 is 0 Å². The molecule has 0 radical (unpaired) electrons. The van der Waals surface area contributed by atoms with Gasteiger partial charge in [0.05, 0.1) is 0 Å². The molecule has 2 saturated carbocycles. The highest BCUT2D eigenvalue weighted by molar-refractivity contribution is 9.09. The summed E-state index contributed by atoms with van der Waals surface area (Å²) in [4.78, 5) is 11.9. The Morgan fingerprint density at radius 1 is 1.55 bits per heavy atom. The Labute approximate surface area is 75.7 Å². The van der Waals surface area contributed by atoms with Crippen LogP contribution in [0.5, 0.6) is 0 Å². The van der Waals surface area contributed by atoms with Gasteiger partial charge < -0.3 is 0 Å². The molecule has 0 amide bonds. The summed E-state index contributed by atoms with van der Waals surface area (Å²) in [6, 6.07) is 0. The minimum atomic E-state index is 0.411. The first kappa shape index (κ1) is 7.78. The van der Waals surface area contributed by atoms with Crippen LogP contribution in [0.1, 0.15) is 26.2 Å². The molecule has 62 valence electrons. The van der Waals surface area contributed by atoms with E-state index in [9.17, 15) is 4.79 Å². The molecule has 2 aliphatic carbocycles. The molecule has 2 heteroatoms. The summed E-state index contributed by atoms with van der Waals surface area (Å²) in [5.41, 5.74) is 0. The number of fused-ring (bicyclic) bond motifs is 2. The maximum atomic E-state index is 11.3. The van der Waals surface area contributed by atoms with Gasteiger partial charge in [-0.25, -0.2) is 0 Å². The van der Waals surface area contributed by atoms with Crippen LogP contribution in [0, 0.1) is 17.8 Å². The monoisotopic (exact) mass is 216 g/mol. The summed E-state index contributed by atoms with van der Waals surface area (Å²) in [6.07, 6.45) is 3.34. The minimum Gasteiger partial charge on any atom is -0.299 e. The van der Waals surface area contributed by atoms with E-state index in [2.05, 4.69) is 22.9 Å². The van der Waals surface area contributed by atoms with Crippen molar-refractivity contribution in [3.05, 3.63) is 0 Å². The SMILES string of the molecule is CC(Br)C1CC2CC(=O)C1C2. The summed E-state index contributed by atoms with van der Waals surface area (Å²) < 4.78 is 0. The van der Waals surface area contributed by atoms with Crippen LogP contribution in [0.2, 0.25) is 0 Å². The lowest BCUT2D eigenvalue weighted by Crippen LogP contribution is -2.25. The Bertz CT molecular complexity index is 188. The van der Waals surface area contributed by atoms with E-state index in [0.29, 0.717) is 22.4 Å². The van der Waals surface area contributed by atoms with Gasteiger partial charge in [0.2, 0.25) is 0 Å². The number of rotatable bonds is 1. The molecule has 2 fully saturated rings. The molecule has 0 aliphatic heterocycles. The molecule has 0 aromatic heterocycles. The van der Waals surface area contributed by atoms with E-state index in [-0.39, 0.29) is 0 Å². The average molecular weight is 217 g/mol. The fourth-order valence-electron chi connectivity index (χ4n) is 2.66. The summed E-state index contributed by atoms with van der Waals surface area (Å²) in [6.45, 7) is 2.17. The minimum absolute atomic E-state index is 0.411. The molecular formula is C9H13BrO. The predicted molar refractivity (Wildman–Crippen MR) is 47.7 cm³/mol. The second-order valence-electron chi connectivity index (χ2n) is 3.96. The molecule has 11 heavy (non-hydrogen) atoms. The zero-order valence-corrected chi connectivity index (χ0v) is 8.30. The highest BCUT2D eigenvalue weighted by Crippen LogP contribution is 2.48. The van der Waals surface area contributed by atoms with Crippen molar-refractivity contribution in [3.8, 4) is 0 Å². The van der Waals surface area contributed by atoms with E-state index < -0.39 is 0 Å². The second kappa shape index (κ2) is 2.58. The van der Waals surface area contributed by atoms with Crippen LogP contribution in [0.25, 0.3) is 0 Å². The third-order valence-electron chi connectivity index (χ3n) is 3.20. The topological polar surface area (TPSA) is 17.1 Å². The van der Waals surface area contributed by atoms with Gasteiger partial charge in [-0.05, 0) is 24.7 Å². The largest absolute Gasteiger partial charge is 0.299 e. The Morgan fingerprint density at radius 3 is 2.64 bits per heavy atom. The second-order valence-corrected chi connectivity index (χ2v) is 5.40. The summed E-state index contributed by atoms with van der Waals surface area (Å²) in [5.74, 6) is 2.31. The lowest BCUT2D eigenvalue weighted by atomic mass is 9.86. The van der Waals surface area contributed by atoms with Crippen molar-refractivity contribution in [2.24, 2.45) is 17.8 Å². The molecule has 0 heterocycles. The molecular weight excluding hydrogens is 204 g/mol. The average Bonchev–Trinajstić information content (AvgIpc) is 2.43. The van der Waals surface area contributed by atoms with E-state index in [0.717, 1.165) is 12.3 Å². The van der Waals surface area contributed by atoms with Crippen molar-refractivity contribution in [1.29, 1.82) is 0 Å².